The highest BCUT2D eigenvalue weighted by Gasteiger charge is 2.14. The summed E-state index contributed by atoms with van der Waals surface area (Å²) < 4.78 is 16.4. The van der Waals surface area contributed by atoms with E-state index < -0.39 is 5.63 Å². The highest BCUT2D eigenvalue weighted by molar-refractivity contribution is 5.94. The molecule has 31 heavy (non-hydrogen) atoms. The zero-order valence-corrected chi connectivity index (χ0v) is 17.2. The topological polar surface area (TPSA) is 77.8 Å². The molecule has 0 unspecified atom stereocenters. The number of amides is 1. The number of fused-ring (bicyclic) bond motifs is 1. The summed E-state index contributed by atoms with van der Waals surface area (Å²) in [6.07, 6.45) is 0. The van der Waals surface area contributed by atoms with Crippen LogP contribution in [0.1, 0.15) is 5.56 Å². The van der Waals surface area contributed by atoms with Crippen LogP contribution in [0.3, 0.4) is 0 Å². The number of hydrogen-bond donors (Lipinski definition) is 1. The first-order chi connectivity index (χ1) is 15.0. The molecule has 0 saturated carbocycles. The van der Waals surface area contributed by atoms with Gasteiger partial charge < -0.3 is 19.2 Å². The molecule has 3 aromatic carbocycles. The molecule has 1 heterocycles. The van der Waals surface area contributed by atoms with Crippen molar-refractivity contribution in [2.24, 2.45) is 0 Å². The first-order valence-electron chi connectivity index (χ1n) is 9.75. The maximum absolute atomic E-state index is 12.5. The Labute approximate surface area is 179 Å². The number of anilines is 1. The summed E-state index contributed by atoms with van der Waals surface area (Å²) in [7, 11) is 1.51. The summed E-state index contributed by atoms with van der Waals surface area (Å²) in [4.78, 5) is 25.0. The number of aryl methyl sites for hydroxylation is 1. The third-order valence-electron chi connectivity index (χ3n) is 4.88. The second kappa shape index (κ2) is 8.75. The molecule has 4 rings (SSSR count). The molecule has 156 valence electrons. The molecular formula is C25H21NO5. The zero-order chi connectivity index (χ0) is 21.8. The highest BCUT2D eigenvalue weighted by atomic mass is 16.5. The van der Waals surface area contributed by atoms with Crippen molar-refractivity contribution in [2.45, 2.75) is 6.92 Å². The van der Waals surface area contributed by atoms with E-state index in [0.717, 1.165) is 10.9 Å². The van der Waals surface area contributed by atoms with Crippen LogP contribution < -0.4 is 20.4 Å². The van der Waals surface area contributed by atoms with E-state index in [-0.39, 0.29) is 12.5 Å². The lowest BCUT2D eigenvalue weighted by Gasteiger charge is -2.13. The largest absolute Gasteiger partial charge is 0.495 e. The fourth-order valence-corrected chi connectivity index (χ4v) is 3.28. The van der Waals surface area contributed by atoms with Gasteiger partial charge in [-0.05, 0) is 48.4 Å². The van der Waals surface area contributed by atoms with Gasteiger partial charge in [-0.3, -0.25) is 4.79 Å². The summed E-state index contributed by atoms with van der Waals surface area (Å²) >= 11 is 0. The Bertz CT molecular complexity index is 1310. The molecular weight excluding hydrogens is 394 g/mol. The van der Waals surface area contributed by atoms with Crippen molar-refractivity contribution in [1.29, 1.82) is 0 Å². The maximum Gasteiger partial charge on any atom is 0.344 e. The van der Waals surface area contributed by atoms with Crippen molar-refractivity contribution in [3.63, 3.8) is 0 Å². The van der Waals surface area contributed by atoms with Gasteiger partial charge in [-0.15, -0.1) is 0 Å². The molecule has 0 saturated heterocycles. The summed E-state index contributed by atoms with van der Waals surface area (Å²) in [6.45, 7) is 1.76. The number of rotatable bonds is 6. The number of para-hydroxylation sites is 2. The number of carbonyl (C=O) groups excluding carboxylic acids is 1. The van der Waals surface area contributed by atoms with Crippen molar-refractivity contribution in [1.82, 2.24) is 0 Å². The Balaban J connectivity index is 1.59. The number of benzene rings is 3. The van der Waals surface area contributed by atoms with E-state index in [2.05, 4.69) is 5.32 Å². The Morgan fingerprint density at radius 2 is 1.74 bits per heavy atom. The van der Waals surface area contributed by atoms with E-state index in [1.165, 1.54) is 7.11 Å². The highest BCUT2D eigenvalue weighted by Crippen LogP contribution is 2.30. The van der Waals surface area contributed by atoms with Crippen LogP contribution in [-0.2, 0) is 4.79 Å². The third kappa shape index (κ3) is 4.43. The quantitative estimate of drug-likeness (QED) is 0.458. The first-order valence-corrected chi connectivity index (χ1v) is 9.75. The molecule has 1 amide bonds. The Hall–Kier alpha value is -4.06. The lowest BCUT2D eigenvalue weighted by molar-refractivity contribution is -0.118. The molecule has 4 aromatic rings. The normalized spacial score (nSPS) is 10.6. The van der Waals surface area contributed by atoms with E-state index in [1.54, 1.807) is 30.3 Å². The van der Waals surface area contributed by atoms with Crippen LogP contribution in [0, 0.1) is 6.92 Å². The summed E-state index contributed by atoms with van der Waals surface area (Å²) in [5, 5.41) is 3.61. The van der Waals surface area contributed by atoms with Gasteiger partial charge in [0.05, 0.1) is 18.4 Å². The molecule has 1 aromatic heterocycles. The minimum Gasteiger partial charge on any atom is -0.495 e. The molecule has 0 bridgehead atoms. The van der Waals surface area contributed by atoms with Gasteiger partial charge in [0.1, 0.15) is 17.1 Å². The van der Waals surface area contributed by atoms with Gasteiger partial charge in [-0.1, -0.05) is 42.5 Å². The molecule has 0 aliphatic carbocycles. The average Bonchev–Trinajstić information content (AvgIpc) is 2.78. The molecule has 0 atom stereocenters. The van der Waals surface area contributed by atoms with Crippen molar-refractivity contribution in [3.05, 3.63) is 88.8 Å². The van der Waals surface area contributed by atoms with E-state index in [4.69, 9.17) is 13.9 Å². The molecule has 6 nitrogen and oxygen atoms in total. The second-order valence-electron chi connectivity index (χ2n) is 7.00. The van der Waals surface area contributed by atoms with Crippen LogP contribution in [0.2, 0.25) is 0 Å². The Kier molecular flexibility index (Phi) is 5.71. The standard InChI is InChI=1S/C25H21NO5/c1-16-7-3-5-9-21(16)30-15-24(27)26-20-14-17(11-12-23(20)29-2)19-13-18-8-4-6-10-22(18)31-25(19)28/h3-14H,15H2,1-2H3,(H,26,27). The number of nitrogens with one attached hydrogen (secondary N) is 1. The van der Waals surface area contributed by atoms with Gasteiger partial charge >= 0.3 is 5.63 Å². The van der Waals surface area contributed by atoms with Crippen LogP contribution in [0.4, 0.5) is 5.69 Å². The van der Waals surface area contributed by atoms with Gasteiger partial charge in [0.2, 0.25) is 0 Å². The number of hydrogen-bond acceptors (Lipinski definition) is 5. The third-order valence-corrected chi connectivity index (χ3v) is 4.88. The zero-order valence-electron chi connectivity index (χ0n) is 17.2. The lowest BCUT2D eigenvalue weighted by Crippen LogP contribution is -2.20. The maximum atomic E-state index is 12.5. The summed E-state index contributed by atoms with van der Waals surface area (Å²) in [5.41, 5.74) is 2.45. The van der Waals surface area contributed by atoms with Crippen molar-refractivity contribution >= 4 is 22.6 Å². The molecule has 0 spiro atoms. The molecule has 6 heteroatoms. The van der Waals surface area contributed by atoms with Crippen LogP contribution in [0.5, 0.6) is 11.5 Å². The molecule has 0 aliphatic heterocycles. The summed E-state index contributed by atoms with van der Waals surface area (Å²) in [5.74, 6) is 0.773. The Morgan fingerprint density at radius 3 is 2.55 bits per heavy atom. The minimum absolute atomic E-state index is 0.156. The van der Waals surface area contributed by atoms with Gasteiger partial charge in [-0.2, -0.15) is 0 Å². The lowest BCUT2D eigenvalue weighted by atomic mass is 10.0. The van der Waals surface area contributed by atoms with Crippen LogP contribution in [0.25, 0.3) is 22.1 Å². The van der Waals surface area contributed by atoms with Crippen molar-refractivity contribution in [3.8, 4) is 22.6 Å². The number of methoxy groups -OCH3 is 1. The van der Waals surface area contributed by atoms with E-state index in [9.17, 15) is 9.59 Å². The summed E-state index contributed by atoms with van der Waals surface area (Å²) in [6, 6.07) is 21.7. The average molecular weight is 415 g/mol. The monoisotopic (exact) mass is 415 g/mol. The van der Waals surface area contributed by atoms with Crippen LogP contribution in [-0.4, -0.2) is 19.6 Å². The SMILES string of the molecule is COc1ccc(-c2cc3ccccc3oc2=O)cc1NC(=O)COc1ccccc1C. The number of carbonyl (C=O) groups is 1. The Morgan fingerprint density at radius 1 is 0.968 bits per heavy atom. The van der Waals surface area contributed by atoms with Gasteiger partial charge in [-0.25, -0.2) is 4.79 Å². The predicted molar refractivity (Wildman–Crippen MR) is 120 cm³/mol. The van der Waals surface area contributed by atoms with Gasteiger partial charge in [0.25, 0.3) is 5.91 Å². The van der Waals surface area contributed by atoms with Crippen molar-refractivity contribution < 1.29 is 18.7 Å². The first kappa shape index (κ1) is 20.2. The van der Waals surface area contributed by atoms with Gasteiger partial charge in [0, 0.05) is 5.39 Å². The second-order valence-corrected chi connectivity index (χ2v) is 7.00. The predicted octanol–water partition coefficient (Wildman–Crippen LogP) is 4.79. The van der Waals surface area contributed by atoms with E-state index >= 15 is 0 Å². The number of ether oxygens (including phenoxy) is 2. The van der Waals surface area contributed by atoms with E-state index in [1.807, 2.05) is 49.4 Å². The molecule has 0 aliphatic rings. The smallest absolute Gasteiger partial charge is 0.344 e. The molecule has 0 radical (unpaired) electrons. The van der Waals surface area contributed by atoms with E-state index in [0.29, 0.717) is 33.9 Å². The van der Waals surface area contributed by atoms with Crippen LogP contribution in [0.15, 0.2) is 82.0 Å². The fourth-order valence-electron chi connectivity index (χ4n) is 3.28. The minimum atomic E-state index is -0.455. The van der Waals surface area contributed by atoms with Gasteiger partial charge in [0.15, 0.2) is 6.61 Å². The molecule has 0 fully saturated rings. The molecule has 1 N–H and O–H groups in total. The van der Waals surface area contributed by atoms with Crippen molar-refractivity contribution in [2.75, 3.05) is 19.0 Å². The van der Waals surface area contributed by atoms with Crippen LogP contribution >= 0.6 is 0 Å². The fraction of sp³-hybridized carbons (Fsp3) is 0.120.